The fraction of sp³-hybridized carbons (Fsp3) is 0.150. The molecule has 0 fully saturated rings. The fourth-order valence-corrected chi connectivity index (χ4v) is 2.41. The number of pyridine rings is 2. The number of amides is 1. The molecule has 3 aromatic rings. The lowest BCUT2D eigenvalue weighted by atomic mass is 10.1. The molecule has 0 aliphatic heterocycles. The summed E-state index contributed by atoms with van der Waals surface area (Å²) in [6.45, 7) is 0.454. The highest BCUT2D eigenvalue weighted by atomic mass is 16.5. The van der Waals surface area contributed by atoms with Crippen molar-refractivity contribution >= 4 is 5.91 Å². The van der Waals surface area contributed by atoms with Crippen LogP contribution < -0.4 is 10.1 Å². The predicted octanol–water partition coefficient (Wildman–Crippen LogP) is 3.01. The van der Waals surface area contributed by atoms with E-state index in [0.717, 1.165) is 28.1 Å². The minimum Gasteiger partial charge on any atom is -0.497 e. The first kappa shape index (κ1) is 16.6. The van der Waals surface area contributed by atoms with Gasteiger partial charge in [0.05, 0.1) is 19.2 Å². The molecule has 0 aliphatic rings. The van der Waals surface area contributed by atoms with Crippen molar-refractivity contribution in [1.82, 2.24) is 15.3 Å². The second-order valence-corrected chi connectivity index (χ2v) is 5.59. The zero-order valence-corrected chi connectivity index (χ0v) is 14.0. The van der Waals surface area contributed by atoms with Crippen LogP contribution in [-0.2, 0) is 17.8 Å². The third-order valence-corrected chi connectivity index (χ3v) is 3.80. The van der Waals surface area contributed by atoms with Gasteiger partial charge in [-0.2, -0.15) is 0 Å². The molecule has 2 aromatic heterocycles. The van der Waals surface area contributed by atoms with E-state index in [9.17, 15) is 4.79 Å². The van der Waals surface area contributed by atoms with Gasteiger partial charge in [-0.3, -0.25) is 14.8 Å². The number of nitrogens with one attached hydrogen (secondary N) is 1. The number of hydrogen-bond acceptors (Lipinski definition) is 4. The third kappa shape index (κ3) is 4.64. The summed E-state index contributed by atoms with van der Waals surface area (Å²) in [6.07, 6.45) is 5.62. The van der Waals surface area contributed by atoms with Crippen LogP contribution in [0.3, 0.4) is 0 Å². The molecule has 1 N–H and O–H groups in total. The molecule has 0 radical (unpaired) electrons. The molecule has 3 rings (SSSR count). The Balaban J connectivity index is 1.53. The van der Waals surface area contributed by atoms with Crippen LogP contribution in [0.1, 0.15) is 11.1 Å². The zero-order chi connectivity index (χ0) is 17.5. The molecule has 5 heteroatoms. The van der Waals surface area contributed by atoms with Crippen molar-refractivity contribution in [1.29, 1.82) is 0 Å². The first-order chi connectivity index (χ1) is 12.2. The topological polar surface area (TPSA) is 64.1 Å². The highest BCUT2D eigenvalue weighted by Gasteiger charge is 2.05. The molecule has 25 heavy (non-hydrogen) atoms. The lowest BCUT2D eigenvalue weighted by molar-refractivity contribution is -0.120. The van der Waals surface area contributed by atoms with Crippen LogP contribution in [0, 0.1) is 0 Å². The van der Waals surface area contributed by atoms with Gasteiger partial charge in [0, 0.05) is 30.7 Å². The van der Waals surface area contributed by atoms with Gasteiger partial charge in [0.15, 0.2) is 0 Å². The van der Waals surface area contributed by atoms with Gasteiger partial charge < -0.3 is 10.1 Å². The summed E-state index contributed by atoms with van der Waals surface area (Å²) in [5, 5.41) is 2.91. The summed E-state index contributed by atoms with van der Waals surface area (Å²) in [7, 11) is 1.62. The number of methoxy groups -OCH3 is 1. The number of nitrogens with zero attached hydrogens (tertiary/aromatic N) is 2. The standard InChI is InChI=1S/C20H19N3O2/c1-25-18-7-4-15(5-8-18)11-20(24)23-13-16-6-9-19(22-12-16)17-3-2-10-21-14-17/h2-10,12,14H,11,13H2,1H3,(H,23,24). The maximum absolute atomic E-state index is 12.1. The summed E-state index contributed by atoms with van der Waals surface area (Å²) in [4.78, 5) is 20.6. The smallest absolute Gasteiger partial charge is 0.224 e. The molecule has 1 amide bonds. The number of rotatable bonds is 6. The highest BCUT2D eigenvalue weighted by Crippen LogP contribution is 2.15. The van der Waals surface area contributed by atoms with E-state index in [-0.39, 0.29) is 5.91 Å². The van der Waals surface area contributed by atoms with Crippen molar-refractivity contribution in [3.05, 3.63) is 78.2 Å². The van der Waals surface area contributed by atoms with Gasteiger partial charge >= 0.3 is 0 Å². The van der Waals surface area contributed by atoms with E-state index < -0.39 is 0 Å². The number of hydrogen-bond donors (Lipinski definition) is 1. The van der Waals surface area contributed by atoms with Crippen LogP contribution >= 0.6 is 0 Å². The van der Waals surface area contributed by atoms with E-state index in [1.54, 1.807) is 25.7 Å². The minimum atomic E-state index is -0.0264. The first-order valence-corrected chi connectivity index (χ1v) is 7.99. The number of carbonyl (C=O) groups is 1. The fourth-order valence-electron chi connectivity index (χ4n) is 2.41. The second-order valence-electron chi connectivity index (χ2n) is 5.59. The Hall–Kier alpha value is -3.21. The molecule has 0 saturated heterocycles. The molecule has 0 bridgehead atoms. The Labute approximate surface area is 146 Å². The SMILES string of the molecule is COc1ccc(CC(=O)NCc2ccc(-c3cccnc3)nc2)cc1. The lowest BCUT2D eigenvalue weighted by Crippen LogP contribution is -2.24. The molecule has 5 nitrogen and oxygen atoms in total. The van der Waals surface area contributed by atoms with Gasteiger partial charge in [-0.05, 0) is 41.5 Å². The first-order valence-electron chi connectivity index (χ1n) is 7.99. The van der Waals surface area contributed by atoms with E-state index in [4.69, 9.17) is 4.74 Å². The van der Waals surface area contributed by atoms with Crippen molar-refractivity contribution in [3.8, 4) is 17.0 Å². The van der Waals surface area contributed by atoms with Crippen molar-refractivity contribution in [2.24, 2.45) is 0 Å². The summed E-state index contributed by atoms with van der Waals surface area (Å²) in [5.74, 6) is 0.755. The summed E-state index contributed by atoms with van der Waals surface area (Å²) in [5.41, 5.74) is 3.73. The number of carbonyl (C=O) groups excluding carboxylic acids is 1. The Kier molecular flexibility index (Phi) is 5.36. The van der Waals surface area contributed by atoms with Gasteiger partial charge in [0.2, 0.25) is 5.91 Å². The van der Waals surface area contributed by atoms with Crippen LogP contribution in [-0.4, -0.2) is 23.0 Å². The van der Waals surface area contributed by atoms with Crippen LogP contribution in [0.2, 0.25) is 0 Å². The van der Waals surface area contributed by atoms with Crippen LogP contribution in [0.4, 0.5) is 0 Å². The Morgan fingerprint density at radius 2 is 1.84 bits per heavy atom. The third-order valence-electron chi connectivity index (χ3n) is 3.80. The van der Waals surface area contributed by atoms with Gasteiger partial charge in [-0.1, -0.05) is 18.2 Å². The lowest BCUT2D eigenvalue weighted by Gasteiger charge is -2.07. The summed E-state index contributed by atoms with van der Waals surface area (Å²) in [6, 6.07) is 15.2. The van der Waals surface area contributed by atoms with Gasteiger partial charge in [0.1, 0.15) is 5.75 Å². The number of benzene rings is 1. The minimum absolute atomic E-state index is 0.0264. The average molecular weight is 333 g/mol. The van der Waals surface area contributed by atoms with Crippen molar-refractivity contribution in [3.63, 3.8) is 0 Å². The van der Waals surface area contributed by atoms with Crippen molar-refractivity contribution in [2.45, 2.75) is 13.0 Å². The monoisotopic (exact) mass is 333 g/mol. The largest absolute Gasteiger partial charge is 0.497 e. The Morgan fingerprint density at radius 3 is 2.48 bits per heavy atom. The molecule has 0 atom stereocenters. The molecule has 0 saturated carbocycles. The van der Waals surface area contributed by atoms with Crippen LogP contribution in [0.25, 0.3) is 11.3 Å². The second kappa shape index (κ2) is 8.06. The van der Waals surface area contributed by atoms with E-state index in [1.807, 2.05) is 48.5 Å². The molecule has 0 aliphatic carbocycles. The summed E-state index contributed by atoms with van der Waals surface area (Å²) >= 11 is 0. The molecule has 1 aromatic carbocycles. The van der Waals surface area contributed by atoms with Crippen LogP contribution in [0.15, 0.2) is 67.1 Å². The van der Waals surface area contributed by atoms with Gasteiger partial charge in [-0.15, -0.1) is 0 Å². The molecule has 0 unspecified atom stereocenters. The molecule has 2 heterocycles. The zero-order valence-electron chi connectivity index (χ0n) is 14.0. The molecular weight excluding hydrogens is 314 g/mol. The van der Waals surface area contributed by atoms with Crippen molar-refractivity contribution < 1.29 is 9.53 Å². The molecule has 126 valence electrons. The van der Waals surface area contributed by atoms with E-state index in [0.29, 0.717) is 13.0 Å². The Morgan fingerprint density at radius 1 is 1.04 bits per heavy atom. The predicted molar refractivity (Wildman–Crippen MR) is 96.0 cm³/mol. The Bertz CT molecular complexity index is 816. The van der Waals surface area contributed by atoms with E-state index >= 15 is 0 Å². The van der Waals surface area contributed by atoms with Crippen LogP contribution in [0.5, 0.6) is 5.75 Å². The maximum atomic E-state index is 12.1. The number of ether oxygens (including phenoxy) is 1. The maximum Gasteiger partial charge on any atom is 0.224 e. The normalized spacial score (nSPS) is 10.3. The summed E-state index contributed by atoms with van der Waals surface area (Å²) < 4.78 is 5.11. The highest BCUT2D eigenvalue weighted by molar-refractivity contribution is 5.78. The van der Waals surface area contributed by atoms with Gasteiger partial charge in [0.25, 0.3) is 0 Å². The van der Waals surface area contributed by atoms with E-state index in [1.165, 1.54) is 0 Å². The van der Waals surface area contributed by atoms with Crippen molar-refractivity contribution in [2.75, 3.05) is 7.11 Å². The number of aromatic nitrogens is 2. The molecule has 0 spiro atoms. The molecular formula is C20H19N3O2. The average Bonchev–Trinajstić information content (AvgIpc) is 2.68. The van der Waals surface area contributed by atoms with E-state index in [2.05, 4.69) is 15.3 Å². The van der Waals surface area contributed by atoms with Gasteiger partial charge in [-0.25, -0.2) is 0 Å². The quantitative estimate of drug-likeness (QED) is 0.753.